The summed E-state index contributed by atoms with van der Waals surface area (Å²) < 4.78 is 15.9. The van der Waals surface area contributed by atoms with Gasteiger partial charge in [-0.15, -0.1) is 0 Å². The molecule has 0 aliphatic heterocycles. The van der Waals surface area contributed by atoms with Gasteiger partial charge >= 0.3 is 0 Å². The Labute approximate surface area is 106 Å². The number of carbonyl (C=O) groups excluding carboxylic acids is 1. The lowest BCUT2D eigenvalue weighted by atomic mass is 10.2. The highest BCUT2D eigenvalue weighted by Gasteiger charge is 2.13. The van der Waals surface area contributed by atoms with E-state index in [9.17, 15) is 4.79 Å². The molecule has 0 heterocycles. The molecular formula is C13H18O5. The first-order valence-electron chi connectivity index (χ1n) is 5.71. The molecule has 0 bridgehead atoms. The molecule has 0 saturated heterocycles. The second kappa shape index (κ2) is 7.55. The van der Waals surface area contributed by atoms with Crippen molar-refractivity contribution in [2.45, 2.75) is 12.8 Å². The minimum absolute atomic E-state index is 0.141. The van der Waals surface area contributed by atoms with Gasteiger partial charge in [0, 0.05) is 12.2 Å². The Kier molecular flexibility index (Phi) is 6.00. The van der Waals surface area contributed by atoms with Crippen molar-refractivity contribution in [1.29, 1.82) is 0 Å². The number of aliphatic hydroxyl groups is 1. The third kappa shape index (κ3) is 3.63. The standard InChI is InChI=1S/C13H18O5/c1-16-11-7-10(9-15)8-12(17-2)13(11)18-6-4-3-5-14/h7-9,14H,3-6H2,1-2H3. The molecule has 0 unspecified atom stereocenters. The van der Waals surface area contributed by atoms with Gasteiger partial charge in [0.25, 0.3) is 0 Å². The smallest absolute Gasteiger partial charge is 0.203 e. The fourth-order valence-corrected chi connectivity index (χ4v) is 1.50. The van der Waals surface area contributed by atoms with Crippen molar-refractivity contribution in [2.24, 2.45) is 0 Å². The van der Waals surface area contributed by atoms with Crippen molar-refractivity contribution >= 4 is 6.29 Å². The number of rotatable bonds is 8. The highest BCUT2D eigenvalue weighted by Crippen LogP contribution is 2.38. The molecule has 18 heavy (non-hydrogen) atoms. The highest BCUT2D eigenvalue weighted by atomic mass is 16.5. The van der Waals surface area contributed by atoms with Gasteiger partial charge < -0.3 is 19.3 Å². The third-order valence-corrected chi connectivity index (χ3v) is 2.42. The van der Waals surface area contributed by atoms with Crippen molar-refractivity contribution in [1.82, 2.24) is 0 Å². The average Bonchev–Trinajstić information content (AvgIpc) is 2.42. The Hall–Kier alpha value is -1.75. The fourth-order valence-electron chi connectivity index (χ4n) is 1.50. The maximum Gasteiger partial charge on any atom is 0.203 e. The predicted molar refractivity (Wildman–Crippen MR) is 66.7 cm³/mol. The summed E-state index contributed by atoms with van der Waals surface area (Å²) in [6.07, 6.45) is 2.13. The second-order valence-corrected chi connectivity index (χ2v) is 3.65. The van der Waals surface area contributed by atoms with Gasteiger partial charge in [0.15, 0.2) is 11.5 Å². The van der Waals surface area contributed by atoms with E-state index in [1.807, 2.05) is 0 Å². The normalized spacial score (nSPS) is 9.94. The number of hydrogen-bond acceptors (Lipinski definition) is 5. The van der Waals surface area contributed by atoms with Gasteiger partial charge in [-0.05, 0) is 25.0 Å². The van der Waals surface area contributed by atoms with Crippen molar-refractivity contribution in [3.8, 4) is 17.2 Å². The molecule has 0 atom stereocenters. The summed E-state index contributed by atoms with van der Waals surface area (Å²) in [5.41, 5.74) is 0.464. The van der Waals surface area contributed by atoms with Crippen LogP contribution >= 0.6 is 0 Å². The number of aliphatic hydroxyl groups excluding tert-OH is 1. The van der Waals surface area contributed by atoms with Crippen LogP contribution in [-0.4, -0.2) is 38.8 Å². The first-order valence-corrected chi connectivity index (χ1v) is 5.71. The molecule has 0 fully saturated rings. The summed E-state index contributed by atoms with van der Waals surface area (Å²) in [4.78, 5) is 10.8. The minimum Gasteiger partial charge on any atom is -0.493 e. The topological polar surface area (TPSA) is 65.0 Å². The molecule has 0 aliphatic carbocycles. The van der Waals surface area contributed by atoms with Crippen LogP contribution < -0.4 is 14.2 Å². The Bertz CT molecular complexity index is 364. The van der Waals surface area contributed by atoms with Crippen LogP contribution in [0.25, 0.3) is 0 Å². The van der Waals surface area contributed by atoms with Crippen LogP contribution in [-0.2, 0) is 0 Å². The van der Waals surface area contributed by atoms with Gasteiger partial charge in [0.05, 0.1) is 20.8 Å². The number of carbonyl (C=O) groups is 1. The number of aldehydes is 1. The molecule has 0 aromatic heterocycles. The van der Waals surface area contributed by atoms with Gasteiger partial charge in [-0.3, -0.25) is 4.79 Å². The molecule has 100 valence electrons. The van der Waals surface area contributed by atoms with E-state index in [0.29, 0.717) is 35.8 Å². The number of methoxy groups -OCH3 is 2. The zero-order valence-electron chi connectivity index (χ0n) is 10.6. The average molecular weight is 254 g/mol. The summed E-state index contributed by atoms with van der Waals surface area (Å²) in [6.45, 7) is 0.593. The van der Waals surface area contributed by atoms with Gasteiger partial charge in [0.1, 0.15) is 6.29 Å². The van der Waals surface area contributed by atoms with Gasteiger partial charge in [0.2, 0.25) is 5.75 Å². The minimum atomic E-state index is 0.141. The predicted octanol–water partition coefficient (Wildman–Crippen LogP) is 1.67. The molecule has 5 heteroatoms. The monoisotopic (exact) mass is 254 g/mol. The molecule has 5 nitrogen and oxygen atoms in total. The Morgan fingerprint density at radius 1 is 1.17 bits per heavy atom. The van der Waals surface area contributed by atoms with Crippen LogP contribution in [0.5, 0.6) is 17.2 Å². The van der Waals surface area contributed by atoms with Crippen molar-refractivity contribution in [2.75, 3.05) is 27.4 Å². The third-order valence-electron chi connectivity index (χ3n) is 2.42. The Morgan fingerprint density at radius 2 is 1.78 bits per heavy atom. The number of ether oxygens (including phenoxy) is 3. The van der Waals surface area contributed by atoms with Gasteiger partial charge in [-0.2, -0.15) is 0 Å². The van der Waals surface area contributed by atoms with Gasteiger partial charge in [-0.25, -0.2) is 0 Å². The molecule has 0 radical (unpaired) electrons. The lowest BCUT2D eigenvalue weighted by Crippen LogP contribution is -2.03. The molecule has 1 N–H and O–H groups in total. The SMILES string of the molecule is COc1cc(C=O)cc(OC)c1OCCCCO. The van der Waals surface area contributed by atoms with Crippen molar-refractivity contribution < 1.29 is 24.1 Å². The summed E-state index contributed by atoms with van der Waals surface area (Å²) in [7, 11) is 3.01. The Balaban J connectivity index is 2.89. The molecule has 1 aromatic carbocycles. The van der Waals surface area contributed by atoms with Gasteiger partial charge in [-0.1, -0.05) is 0 Å². The molecular weight excluding hydrogens is 236 g/mol. The Morgan fingerprint density at radius 3 is 2.22 bits per heavy atom. The molecule has 0 saturated carbocycles. The van der Waals surface area contributed by atoms with E-state index in [4.69, 9.17) is 19.3 Å². The van der Waals surface area contributed by atoms with Crippen LogP contribution in [0, 0.1) is 0 Å². The van der Waals surface area contributed by atoms with Crippen LogP contribution in [0.15, 0.2) is 12.1 Å². The fraction of sp³-hybridized carbons (Fsp3) is 0.462. The summed E-state index contributed by atoms with van der Waals surface area (Å²) in [5, 5.41) is 8.69. The quantitative estimate of drug-likeness (QED) is 0.564. The van der Waals surface area contributed by atoms with Crippen LogP contribution in [0.3, 0.4) is 0 Å². The van der Waals surface area contributed by atoms with E-state index in [1.165, 1.54) is 14.2 Å². The largest absolute Gasteiger partial charge is 0.493 e. The van der Waals surface area contributed by atoms with E-state index >= 15 is 0 Å². The van der Waals surface area contributed by atoms with E-state index in [0.717, 1.165) is 12.7 Å². The summed E-state index contributed by atoms with van der Waals surface area (Å²) in [6, 6.07) is 3.19. The lowest BCUT2D eigenvalue weighted by Gasteiger charge is -2.14. The first kappa shape index (κ1) is 14.3. The first-order chi connectivity index (χ1) is 8.76. The van der Waals surface area contributed by atoms with E-state index in [2.05, 4.69) is 0 Å². The zero-order valence-corrected chi connectivity index (χ0v) is 10.6. The number of hydrogen-bond donors (Lipinski definition) is 1. The van der Waals surface area contributed by atoms with Crippen LogP contribution in [0.2, 0.25) is 0 Å². The molecule has 0 aliphatic rings. The molecule has 1 rings (SSSR count). The lowest BCUT2D eigenvalue weighted by molar-refractivity contribution is 0.112. The molecule has 1 aromatic rings. The van der Waals surface area contributed by atoms with E-state index in [-0.39, 0.29) is 6.61 Å². The summed E-state index contributed by atoms with van der Waals surface area (Å²) >= 11 is 0. The maximum atomic E-state index is 10.8. The highest BCUT2D eigenvalue weighted by molar-refractivity contribution is 5.78. The molecule has 0 amide bonds. The van der Waals surface area contributed by atoms with E-state index < -0.39 is 0 Å². The van der Waals surface area contributed by atoms with Crippen molar-refractivity contribution in [3.05, 3.63) is 17.7 Å². The van der Waals surface area contributed by atoms with Crippen molar-refractivity contribution in [3.63, 3.8) is 0 Å². The van der Waals surface area contributed by atoms with Crippen LogP contribution in [0.1, 0.15) is 23.2 Å². The number of benzene rings is 1. The summed E-state index contributed by atoms with van der Waals surface area (Å²) in [5.74, 6) is 1.39. The number of unbranched alkanes of at least 4 members (excludes halogenated alkanes) is 1. The zero-order chi connectivity index (χ0) is 13.4. The second-order valence-electron chi connectivity index (χ2n) is 3.65. The van der Waals surface area contributed by atoms with Crippen LogP contribution in [0.4, 0.5) is 0 Å². The maximum absolute atomic E-state index is 10.8. The molecule has 0 spiro atoms. The van der Waals surface area contributed by atoms with E-state index in [1.54, 1.807) is 12.1 Å².